The number of rotatable bonds is 5. The molecule has 1 heterocycles. The van der Waals surface area contributed by atoms with Crippen molar-refractivity contribution in [3.63, 3.8) is 0 Å². The van der Waals surface area contributed by atoms with Gasteiger partial charge < -0.3 is 15.2 Å². The first-order valence-electron chi connectivity index (χ1n) is 6.99. The fraction of sp³-hybridized carbons (Fsp3) is 0.643. The Morgan fingerprint density at radius 2 is 2.05 bits per heavy atom. The highest BCUT2D eigenvalue weighted by Gasteiger charge is 2.27. The van der Waals surface area contributed by atoms with Crippen LogP contribution in [0.2, 0.25) is 0 Å². The Hall–Kier alpha value is -1.57. The van der Waals surface area contributed by atoms with Gasteiger partial charge in [0.1, 0.15) is 11.6 Å². The number of aromatic nitrogens is 2. The number of aliphatic carboxylic acids is 1. The fourth-order valence-corrected chi connectivity index (χ4v) is 2.35. The Bertz CT molecular complexity index is 563. The van der Waals surface area contributed by atoms with Crippen LogP contribution >= 0.6 is 15.9 Å². The molecule has 1 aromatic rings. The van der Waals surface area contributed by atoms with Crippen molar-refractivity contribution in [3.8, 4) is 0 Å². The highest BCUT2D eigenvalue weighted by Crippen LogP contribution is 2.22. The highest BCUT2D eigenvalue weighted by molar-refractivity contribution is 9.10. The molecule has 1 rings (SSSR count). The monoisotopic (exact) mass is 375 g/mol. The molecule has 0 spiro atoms. The maximum absolute atomic E-state index is 11.8. The van der Waals surface area contributed by atoms with Crippen LogP contribution in [-0.2, 0) is 22.5 Å². The molecule has 1 unspecified atom stereocenters. The van der Waals surface area contributed by atoms with Crippen LogP contribution < -0.4 is 5.32 Å². The number of carbonyl (C=O) groups excluding carboxylic acids is 1. The summed E-state index contributed by atoms with van der Waals surface area (Å²) in [7, 11) is 0. The summed E-state index contributed by atoms with van der Waals surface area (Å²) in [6, 6.07) is -1.09. The molecule has 124 valence electrons. The summed E-state index contributed by atoms with van der Waals surface area (Å²) in [6.45, 7) is 9.51. The Kier molecular flexibility index (Phi) is 5.99. The first-order chi connectivity index (χ1) is 10.0. The molecule has 0 aliphatic rings. The van der Waals surface area contributed by atoms with Gasteiger partial charge in [-0.05, 0) is 50.5 Å². The fourth-order valence-electron chi connectivity index (χ4n) is 1.91. The molecule has 0 aromatic carbocycles. The number of halogens is 1. The summed E-state index contributed by atoms with van der Waals surface area (Å²) >= 11 is 3.41. The first-order valence-corrected chi connectivity index (χ1v) is 7.78. The second-order valence-corrected chi connectivity index (χ2v) is 6.70. The Morgan fingerprint density at radius 1 is 1.45 bits per heavy atom. The average Bonchev–Trinajstić information content (AvgIpc) is 2.63. The number of aryl methyl sites for hydroxylation is 2. The van der Waals surface area contributed by atoms with E-state index in [1.165, 1.54) is 0 Å². The van der Waals surface area contributed by atoms with Crippen molar-refractivity contribution in [2.75, 3.05) is 0 Å². The number of nitrogens with zero attached hydrogens (tertiary/aromatic N) is 2. The van der Waals surface area contributed by atoms with Crippen LogP contribution in [-0.4, -0.2) is 38.6 Å². The third-order valence-corrected chi connectivity index (χ3v) is 3.87. The van der Waals surface area contributed by atoms with Crippen molar-refractivity contribution in [3.05, 3.63) is 15.9 Å². The number of alkyl carbamates (subject to hydrolysis) is 1. The van der Waals surface area contributed by atoms with Crippen LogP contribution in [0.1, 0.15) is 39.1 Å². The van der Waals surface area contributed by atoms with E-state index in [4.69, 9.17) is 4.74 Å². The number of nitrogens with one attached hydrogen (secondary N) is 1. The maximum Gasteiger partial charge on any atom is 0.408 e. The van der Waals surface area contributed by atoms with Crippen molar-refractivity contribution >= 4 is 28.0 Å². The van der Waals surface area contributed by atoms with Gasteiger partial charge in [-0.3, -0.25) is 4.68 Å². The lowest BCUT2D eigenvalue weighted by atomic mass is 10.1. The average molecular weight is 376 g/mol. The predicted octanol–water partition coefficient (Wildman–Crippen LogP) is 2.49. The zero-order chi connectivity index (χ0) is 17.1. The van der Waals surface area contributed by atoms with E-state index >= 15 is 0 Å². The lowest BCUT2D eigenvalue weighted by Gasteiger charge is -2.22. The van der Waals surface area contributed by atoms with E-state index in [0.717, 1.165) is 15.9 Å². The summed E-state index contributed by atoms with van der Waals surface area (Å²) in [5.41, 5.74) is 0.817. The smallest absolute Gasteiger partial charge is 0.408 e. The summed E-state index contributed by atoms with van der Waals surface area (Å²) < 4.78 is 7.57. The van der Waals surface area contributed by atoms with Gasteiger partial charge in [-0.2, -0.15) is 5.10 Å². The van der Waals surface area contributed by atoms with Gasteiger partial charge in [0.05, 0.1) is 15.9 Å². The topological polar surface area (TPSA) is 93.5 Å². The van der Waals surface area contributed by atoms with E-state index < -0.39 is 23.7 Å². The van der Waals surface area contributed by atoms with Gasteiger partial charge in [0, 0.05) is 13.0 Å². The molecule has 1 atom stereocenters. The van der Waals surface area contributed by atoms with Crippen molar-refractivity contribution in [1.29, 1.82) is 0 Å². The summed E-state index contributed by atoms with van der Waals surface area (Å²) in [5, 5.41) is 16.0. The van der Waals surface area contributed by atoms with Gasteiger partial charge in [0.2, 0.25) is 0 Å². The Labute approximate surface area is 138 Å². The molecular formula is C14H22BrN3O4. The summed E-state index contributed by atoms with van der Waals surface area (Å²) in [5.74, 6) is -1.13. The minimum atomic E-state index is -1.13. The predicted molar refractivity (Wildman–Crippen MR) is 84.8 cm³/mol. The largest absolute Gasteiger partial charge is 0.480 e. The van der Waals surface area contributed by atoms with Gasteiger partial charge >= 0.3 is 12.1 Å². The normalized spacial score (nSPS) is 12.8. The van der Waals surface area contributed by atoms with Crippen LogP contribution in [0.4, 0.5) is 4.79 Å². The maximum atomic E-state index is 11.8. The number of hydrogen-bond donors (Lipinski definition) is 2. The van der Waals surface area contributed by atoms with E-state index in [-0.39, 0.29) is 6.42 Å². The number of carboxylic acids is 1. The van der Waals surface area contributed by atoms with Crippen LogP contribution in [0.25, 0.3) is 0 Å². The van der Waals surface area contributed by atoms with Crippen LogP contribution in [0.5, 0.6) is 0 Å². The van der Waals surface area contributed by atoms with Gasteiger partial charge in [-0.15, -0.1) is 0 Å². The third kappa shape index (κ3) is 5.01. The SMILES string of the molecule is CCn1nc(C)c(Br)c1CC(NC(=O)OC(C)(C)C)C(=O)O. The summed E-state index contributed by atoms with van der Waals surface area (Å²) in [6.07, 6.45) is -0.639. The molecule has 0 saturated carbocycles. The molecule has 0 aliphatic carbocycles. The lowest BCUT2D eigenvalue weighted by molar-refractivity contribution is -0.139. The van der Waals surface area contributed by atoms with Crippen LogP contribution in [0.15, 0.2) is 4.47 Å². The van der Waals surface area contributed by atoms with E-state index in [9.17, 15) is 14.7 Å². The van der Waals surface area contributed by atoms with Crippen molar-refractivity contribution in [1.82, 2.24) is 15.1 Å². The standard InChI is InChI=1S/C14H22BrN3O4/c1-6-18-10(11(15)8(2)17-18)7-9(12(19)20)16-13(21)22-14(3,4)5/h9H,6-7H2,1-5H3,(H,16,21)(H,19,20). The molecule has 1 aromatic heterocycles. The Morgan fingerprint density at radius 3 is 2.50 bits per heavy atom. The molecule has 8 heteroatoms. The number of amides is 1. The molecule has 0 bridgehead atoms. The molecule has 2 N–H and O–H groups in total. The molecule has 0 aliphatic heterocycles. The third-order valence-electron chi connectivity index (χ3n) is 2.84. The Balaban J connectivity index is 2.90. The number of ether oxygens (including phenoxy) is 1. The van der Waals surface area contributed by atoms with Gasteiger partial charge in [0.15, 0.2) is 0 Å². The number of carboxylic acid groups (broad SMARTS) is 1. The molecule has 1 amide bonds. The zero-order valence-electron chi connectivity index (χ0n) is 13.4. The number of carbonyl (C=O) groups is 2. The first kappa shape index (κ1) is 18.5. The zero-order valence-corrected chi connectivity index (χ0v) is 15.0. The molecule has 0 radical (unpaired) electrons. The van der Waals surface area contributed by atoms with E-state index in [1.54, 1.807) is 25.5 Å². The van der Waals surface area contributed by atoms with Gasteiger partial charge in [-0.25, -0.2) is 9.59 Å². The van der Waals surface area contributed by atoms with E-state index in [1.807, 2.05) is 13.8 Å². The van der Waals surface area contributed by atoms with Gasteiger partial charge in [-0.1, -0.05) is 0 Å². The van der Waals surface area contributed by atoms with Crippen molar-refractivity contribution < 1.29 is 19.4 Å². The number of hydrogen-bond acceptors (Lipinski definition) is 4. The molecule has 22 heavy (non-hydrogen) atoms. The van der Waals surface area contributed by atoms with E-state index in [2.05, 4.69) is 26.3 Å². The molecule has 0 saturated heterocycles. The van der Waals surface area contributed by atoms with Crippen molar-refractivity contribution in [2.45, 2.75) is 59.2 Å². The molecular weight excluding hydrogens is 354 g/mol. The van der Waals surface area contributed by atoms with E-state index in [0.29, 0.717) is 6.54 Å². The van der Waals surface area contributed by atoms with Crippen molar-refractivity contribution in [2.24, 2.45) is 0 Å². The summed E-state index contributed by atoms with van der Waals surface area (Å²) in [4.78, 5) is 23.2. The van der Waals surface area contributed by atoms with Crippen LogP contribution in [0.3, 0.4) is 0 Å². The minimum absolute atomic E-state index is 0.115. The quantitative estimate of drug-likeness (QED) is 0.824. The second kappa shape index (κ2) is 7.13. The van der Waals surface area contributed by atoms with Crippen LogP contribution in [0, 0.1) is 6.92 Å². The second-order valence-electron chi connectivity index (χ2n) is 5.90. The minimum Gasteiger partial charge on any atom is -0.480 e. The van der Waals surface area contributed by atoms with Gasteiger partial charge in [0.25, 0.3) is 0 Å². The molecule has 7 nitrogen and oxygen atoms in total. The molecule has 0 fully saturated rings. The highest BCUT2D eigenvalue weighted by atomic mass is 79.9. The lowest BCUT2D eigenvalue weighted by Crippen LogP contribution is -2.45.